The minimum Gasteiger partial charge on any atom is -0.508 e. The predicted octanol–water partition coefficient (Wildman–Crippen LogP) is 2.29. The maximum atomic E-state index is 11.6. The average Bonchev–Trinajstić information content (AvgIpc) is 2.37. The molecule has 1 N–H and O–H groups in total. The lowest BCUT2D eigenvalue weighted by Gasteiger charge is -2.15. The number of unbranched alkanes of at least 4 members (excludes halogenated alkanes) is 1. The van der Waals surface area contributed by atoms with Crippen molar-refractivity contribution in [3.63, 3.8) is 0 Å². The summed E-state index contributed by atoms with van der Waals surface area (Å²) in [6.07, 6.45) is 1.72. The first kappa shape index (κ1) is 14.5. The molecule has 1 rings (SSSR count). The third-order valence-corrected chi connectivity index (χ3v) is 2.61. The van der Waals surface area contributed by atoms with Crippen LogP contribution in [0, 0.1) is 0 Å². The number of carbonyl (C=O) groups is 1. The number of methoxy groups -OCH3 is 1. The molecule has 0 spiro atoms. The maximum absolute atomic E-state index is 11.6. The van der Waals surface area contributed by atoms with E-state index in [9.17, 15) is 9.90 Å². The van der Waals surface area contributed by atoms with Crippen LogP contribution in [0.5, 0.6) is 5.75 Å². The number of hydrogen-bond donors (Lipinski definition) is 1. The molecule has 0 saturated heterocycles. The molecule has 0 aliphatic carbocycles. The number of rotatable bonds is 7. The van der Waals surface area contributed by atoms with Gasteiger partial charge < -0.3 is 14.6 Å². The summed E-state index contributed by atoms with van der Waals surface area (Å²) in [4.78, 5) is 11.6. The Kier molecular flexibility index (Phi) is 6.22. The molecule has 100 valence electrons. The van der Waals surface area contributed by atoms with Gasteiger partial charge in [-0.15, -0.1) is 0 Å². The van der Waals surface area contributed by atoms with Crippen LogP contribution in [0.2, 0.25) is 0 Å². The third kappa shape index (κ3) is 4.75. The molecule has 1 unspecified atom stereocenters. The quantitative estimate of drug-likeness (QED) is 0.597. The van der Waals surface area contributed by atoms with Crippen molar-refractivity contribution < 1.29 is 19.4 Å². The summed E-state index contributed by atoms with van der Waals surface area (Å²) in [6.45, 7) is 2.60. The average molecular weight is 252 g/mol. The Morgan fingerprint density at radius 3 is 2.83 bits per heavy atom. The van der Waals surface area contributed by atoms with Crippen molar-refractivity contribution in [3.8, 4) is 5.75 Å². The van der Waals surface area contributed by atoms with Crippen LogP contribution in [0.25, 0.3) is 0 Å². The molecule has 1 atom stereocenters. The second-order valence-corrected chi connectivity index (χ2v) is 4.11. The van der Waals surface area contributed by atoms with E-state index >= 15 is 0 Å². The fraction of sp³-hybridized carbons (Fsp3) is 0.500. The van der Waals surface area contributed by atoms with Gasteiger partial charge in [-0.05, 0) is 24.1 Å². The van der Waals surface area contributed by atoms with Crippen LogP contribution in [-0.4, -0.2) is 30.9 Å². The molecule has 0 amide bonds. The van der Waals surface area contributed by atoms with Gasteiger partial charge in [0.2, 0.25) is 0 Å². The second kappa shape index (κ2) is 7.71. The number of esters is 1. The molecule has 18 heavy (non-hydrogen) atoms. The Bertz CT molecular complexity index is 376. The van der Waals surface area contributed by atoms with Crippen LogP contribution in [0.1, 0.15) is 25.3 Å². The van der Waals surface area contributed by atoms with Gasteiger partial charge in [0.05, 0.1) is 7.11 Å². The minimum atomic E-state index is -0.608. The summed E-state index contributed by atoms with van der Waals surface area (Å²) in [5, 5.41) is 9.38. The van der Waals surface area contributed by atoms with E-state index in [0.29, 0.717) is 13.0 Å². The summed E-state index contributed by atoms with van der Waals surface area (Å²) in [5.74, 6) is -0.195. The van der Waals surface area contributed by atoms with Gasteiger partial charge in [-0.3, -0.25) is 0 Å². The molecule has 1 aromatic carbocycles. The Morgan fingerprint density at radius 2 is 2.22 bits per heavy atom. The first-order chi connectivity index (χ1) is 8.67. The molecule has 0 fully saturated rings. The van der Waals surface area contributed by atoms with Crippen LogP contribution < -0.4 is 0 Å². The van der Waals surface area contributed by atoms with Gasteiger partial charge >= 0.3 is 5.97 Å². The highest BCUT2D eigenvalue weighted by Gasteiger charge is 2.20. The fourth-order valence-electron chi connectivity index (χ4n) is 1.61. The van der Waals surface area contributed by atoms with Crippen LogP contribution >= 0.6 is 0 Å². The molecule has 1 aromatic rings. The molecule has 0 aliphatic rings. The van der Waals surface area contributed by atoms with Crippen molar-refractivity contribution in [2.24, 2.45) is 0 Å². The van der Waals surface area contributed by atoms with Gasteiger partial charge in [0.25, 0.3) is 0 Å². The van der Waals surface area contributed by atoms with Gasteiger partial charge in [-0.25, -0.2) is 4.79 Å². The molecular formula is C14H20O4. The van der Waals surface area contributed by atoms with Crippen LogP contribution in [0.15, 0.2) is 24.3 Å². The van der Waals surface area contributed by atoms with E-state index in [4.69, 9.17) is 9.47 Å². The molecule has 0 saturated carbocycles. The minimum absolute atomic E-state index is 0.185. The molecule has 0 aromatic heterocycles. The van der Waals surface area contributed by atoms with Crippen molar-refractivity contribution in [2.45, 2.75) is 32.3 Å². The predicted molar refractivity (Wildman–Crippen MR) is 68.5 cm³/mol. The summed E-state index contributed by atoms with van der Waals surface area (Å²) < 4.78 is 10.2. The number of carbonyl (C=O) groups excluding carboxylic acids is 1. The number of phenolic OH excluding ortho intramolecular Hbond substituents is 1. The summed E-state index contributed by atoms with van der Waals surface area (Å²) >= 11 is 0. The Labute approximate surface area is 108 Å². The van der Waals surface area contributed by atoms with Crippen molar-refractivity contribution in [1.29, 1.82) is 0 Å². The van der Waals surface area contributed by atoms with Gasteiger partial charge in [0, 0.05) is 13.0 Å². The zero-order valence-electron chi connectivity index (χ0n) is 10.9. The highest BCUT2D eigenvalue weighted by Crippen LogP contribution is 2.14. The van der Waals surface area contributed by atoms with E-state index in [-0.39, 0.29) is 11.7 Å². The Morgan fingerprint density at radius 1 is 1.44 bits per heavy atom. The Hall–Kier alpha value is -1.55. The zero-order valence-corrected chi connectivity index (χ0v) is 10.9. The maximum Gasteiger partial charge on any atom is 0.335 e. The molecule has 0 aliphatic heterocycles. The van der Waals surface area contributed by atoms with E-state index < -0.39 is 6.10 Å². The van der Waals surface area contributed by atoms with Crippen molar-refractivity contribution in [2.75, 3.05) is 13.7 Å². The normalized spacial score (nSPS) is 12.1. The fourth-order valence-corrected chi connectivity index (χ4v) is 1.61. The second-order valence-electron chi connectivity index (χ2n) is 4.11. The highest BCUT2D eigenvalue weighted by atomic mass is 16.6. The Balaban J connectivity index is 2.62. The van der Waals surface area contributed by atoms with Gasteiger partial charge in [-0.1, -0.05) is 25.5 Å². The van der Waals surface area contributed by atoms with Crippen LogP contribution in [0.4, 0.5) is 0 Å². The number of hydrogen-bond acceptors (Lipinski definition) is 4. The standard InChI is InChI=1S/C14H20O4/c1-3-4-8-18-13(14(16)17-2)10-11-6-5-7-12(15)9-11/h5-7,9,13,15H,3-4,8,10H2,1-2H3. The van der Waals surface area contributed by atoms with E-state index in [1.165, 1.54) is 7.11 Å². The van der Waals surface area contributed by atoms with E-state index in [0.717, 1.165) is 18.4 Å². The van der Waals surface area contributed by atoms with Gasteiger partial charge in [0.1, 0.15) is 5.75 Å². The smallest absolute Gasteiger partial charge is 0.335 e. The van der Waals surface area contributed by atoms with Crippen LogP contribution in [-0.2, 0) is 20.7 Å². The first-order valence-corrected chi connectivity index (χ1v) is 6.14. The van der Waals surface area contributed by atoms with Crippen molar-refractivity contribution in [3.05, 3.63) is 29.8 Å². The highest BCUT2D eigenvalue weighted by molar-refractivity contribution is 5.75. The third-order valence-electron chi connectivity index (χ3n) is 2.61. The number of phenols is 1. The monoisotopic (exact) mass is 252 g/mol. The first-order valence-electron chi connectivity index (χ1n) is 6.14. The lowest BCUT2D eigenvalue weighted by molar-refractivity contribution is -0.154. The summed E-state index contributed by atoms with van der Waals surface area (Å²) in [5.41, 5.74) is 0.849. The largest absolute Gasteiger partial charge is 0.508 e. The van der Waals surface area contributed by atoms with Crippen molar-refractivity contribution in [1.82, 2.24) is 0 Å². The van der Waals surface area contributed by atoms with E-state index in [2.05, 4.69) is 6.92 Å². The molecule has 0 heterocycles. The molecule has 0 bridgehead atoms. The number of benzene rings is 1. The lowest BCUT2D eigenvalue weighted by Crippen LogP contribution is -2.28. The lowest BCUT2D eigenvalue weighted by atomic mass is 10.1. The van der Waals surface area contributed by atoms with Gasteiger partial charge in [0.15, 0.2) is 6.10 Å². The molecule has 4 heteroatoms. The summed E-state index contributed by atoms with van der Waals surface area (Å²) in [7, 11) is 1.35. The molecule has 0 radical (unpaired) electrons. The molecular weight excluding hydrogens is 232 g/mol. The number of ether oxygens (including phenoxy) is 2. The van der Waals surface area contributed by atoms with Gasteiger partial charge in [-0.2, -0.15) is 0 Å². The molecule has 4 nitrogen and oxygen atoms in total. The topological polar surface area (TPSA) is 55.8 Å². The van der Waals surface area contributed by atoms with Crippen molar-refractivity contribution >= 4 is 5.97 Å². The van der Waals surface area contributed by atoms with Crippen LogP contribution in [0.3, 0.4) is 0 Å². The number of aromatic hydroxyl groups is 1. The van der Waals surface area contributed by atoms with E-state index in [1.807, 2.05) is 6.07 Å². The zero-order chi connectivity index (χ0) is 13.4. The SMILES string of the molecule is CCCCOC(Cc1cccc(O)c1)C(=O)OC. The summed E-state index contributed by atoms with van der Waals surface area (Å²) in [6, 6.07) is 6.80. The van der Waals surface area contributed by atoms with E-state index in [1.54, 1.807) is 18.2 Å².